The topological polar surface area (TPSA) is 53.9 Å². The third-order valence-corrected chi connectivity index (χ3v) is 2.66. The van der Waals surface area contributed by atoms with Gasteiger partial charge in [0.2, 0.25) is 17.2 Å². The molecule has 0 unspecified atom stereocenters. The van der Waals surface area contributed by atoms with E-state index in [2.05, 4.69) is 20.3 Å². The van der Waals surface area contributed by atoms with Gasteiger partial charge < -0.3 is 10.2 Å². The molecule has 0 saturated heterocycles. The number of hydrogen-bond donors (Lipinski definition) is 1. The summed E-state index contributed by atoms with van der Waals surface area (Å²) in [4.78, 5) is 13.4. The quantitative estimate of drug-likeness (QED) is 0.944. The molecule has 0 fully saturated rings. The molecule has 5 nitrogen and oxygen atoms in total. The number of nitrogens with zero attached hydrogens (tertiary/aromatic N) is 4. The first-order valence-electron chi connectivity index (χ1n) is 5.68. The van der Waals surface area contributed by atoms with Gasteiger partial charge in [0.15, 0.2) is 0 Å². The molecule has 2 aromatic rings. The van der Waals surface area contributed by atoms with Crippen LogP contribution >= 0.6 is 11.6 Å². The summed E-state index contributed by atoms with van der Waals surface area (Å²) in [6.45, 7) is 1.48. The van der Waals surface area contributed by atoms with E-state index in [0.717, 1.165) is 12.1 Å². The number of anilines is 3. The number of nitrogens with one attached hydrogen (secondary N) is 1. The lowest BCUT2D eigenvalue weighted by atomic mass is 10.2. The number of hydrogen-bond acceptors (Lipinski definition) is 5. The second-order valence-corrected chi connectivity index (χ2v) is 4.67. The van der Waals surface area contributed by atoms with Gasteiger partial charge in [-0.05, 0) is 30.2 Å². The molecule has 1 heterocycles. The normalized spacial score (nSPS) is 10.5. The van der Waals surface area contributed by atoms with Gasteiger partial charge in [-0.25, -0.2) is 8.78 Å². The Morgan fingerprint density at radius 2 is 1.80 bits per heavy atom. The van der Waals surface area contributed by atoms with E-state index in [1.54, 1.807) is 19.0 Å². The van der Waals surface area contributed by atoms with Gasteiger partial charge in [-0.2, -0.15) is 15.0 Å². The first kappa shape index (κ1) is 14.4. The van der Waals surface area contributed by atoms with Gasteiger partial charge in [0.25, 0.3) is 0 Å². The molecule has 1 aromatic carbocycles. The second kappa shape index (κ2) is 5.54. The predicted molar refractivity (Wildman–Crippen MR) is 73.5 cm³/mol. The van der Waals surface area contributed by atoms with E-state index in [-0.39, 0.29) is 22.5 Å². The molecule has 0 spiro atoms. The van der Waals surface area contributed by atoms with Crippen LogP contribution in [0.15, 0.2) is 12.1 Å². The van der Waals surface area contributed by atoms with Gasteiger partial charge in [0.05, 0.1) is 5.69 Å². The van der Waals surface area contributed by atoms with Crippen molar-refractivity contribution in [3.8, 4) is 0 Å². The number of rotatable bonds is 3. The fraction of sp³-hybridized carbons (Fsp3) is 0.250. The van der Waals surface area contributed by atoms with Crippen molar-refractivity contribution in [2.24, 2.45) is 0 Å². The Bertz CT molecular complexity index is 648. The Kier molecular flexibility index (Phi) is 3.99. The number of aromatic nitrogens is 3. The minimum absolute atomic E-state index is 0.0378. The fourth-order valence-corrected chi connectivity index (χ4v) is 1.61. The standard InChI is InChI=1S/C12H12ClF2N5/c1-6-4-8(15)9(5-7(6)14)16-11-17-10(13)18-12(19-11)20(2)3/h4-5H,1-3H3,(H,16,17,18,19). The molecular weight excluding hydrogens is 288 g/mol. The van der Waals surface area contributed by atoms with Crippen molar-refractivity contribution in [3.05, 3.63) is 34.6 Å². The monoisotopic (exact) mass is 299 g/mol. The van der Waals surface area contributed by atoms with Crippen molar-refractivity contribution in [3.63, 3.8) is 0 Å². The van der Waals surface area contributed by atoms with Gasteiger partial charge in [-0.1, -0.05) is 0 Å². The number of aryl methyl sites for hydroxylation is 1. The summed E-state index contributed by atoms with van der Waals surface area (Å²) in [5.74, 6) is -0.787. The van der Waals surface area contributed by atoms with Crippen molar-refractivity contribution in [1.29, 1.82) is 0 Å². The highest BCUT2D eigenvalue weighted by atomic mass is 35.5. The van der Waals surface area contributed by atoms with Crippen LogP contribution in [0.2, 0.25) is 5.28 Å². The Morgan fingerprint density at radius 1 is 1.10 bits per heavy atom. The van der Waals surface area contributed by atoms with E-state index < -0.39 is 11.6 Å². The predicted octanol–water partition coefficient (Wildman–Crippen LogP) is 2.92. The molecule has 1 aromatic heterocycles. The van der Waals surface area contributed by atoms with Crippen LogP contribution in [0.3, 0.4) is 0 Å². The highest BCUT2D eigenvalue weighted by molar-refractivity contribution is 6.28. The SMILES string of the molecule is Cc1cc(F)c(Nc2nc(Cl)nc(N(C)C)n2)cc1F. The smallest absolute Gasteiger partial charge is 0.233 e. The maximum absolute atomic E-state index is 13.7. The minimum atomic E-state index is -0.605. The van der Waals surface area contributed by atoms with Crippen LogP contribution in [0.25, 0.3) is 0 Å². The third kappa shape index (κ3) is 3.11. The van der Waals surface area contributed by atoms with Gasteiger partial charge in [0, 0.05) is 20.2 Å². The van der Waals surface area contributed by atoms with E-state index in [1.807, 2.05) is 0 Å². The summed E-state index contributed by atoms with van der Waals surface area (Å²) in [5.41, 5.74) is 0.149. The zero-order valence-electron chi connectivity index (χ0n) is 11.1. The van der Waals surface area contributed by atoms with Crippen molar-refractivity contribution >= 4 is 29.2 Å². The molecule has 0 saturated carbocycles. The average molecular weight is 300 g/mol. The van der Waals surface area contributed by atoms with E-state index in [0.29, 0.717) is 5.95 Å². The molecule has 106 valence electrons. The van der Waals surface area contributed by atoms with Gasteiger partial charge in [-0.15, -0.1) is 0 Å². The lowest BCUT2D eigenvalue weighted by Gasteiger charge is -2.12. The van der Waals surface area contributed by atoms with Crippen LogP contribution in [-0.2, 0) is 0 Å². The molecule has 0 aliphatic heterocycles. The summed E-state index contributed by atoms with van der Waals surface area (Å²) in [6, 6.07) is 2.13. The Hall–Kier alpha value is -2.02. The Balaban J connectivity index is 2.37. The molecule has 1 N–H and O–H groups in total. The highest BCUT2D eigenvalue weighted by Crippen LogP contribution is 2.22. The molecule has 2 rings (SSSR count). The maximum Gasteiger partial charge on any atom is 0.233 e. The number of halogens is 3. The summed E-state index contributed by atoms with van der Waals surface area (Å²) in [5, 5.41) is 2.55. The molecule has 0 amide bonds. The van der Waals surface area contributed by atoms with E-state index in [4.69, 9.17) is 11.6 Å². The van der Waals surface area contributed by atoms with Gasteiger partial charge >= 0.3 is 0 Å². The third-order valence-electron chi connectivity index (χ3n) is 2.49. The lowest BCUT2D eigenvalue weighted by molar-refractivity contribution is 0.595. The molecule has 0 aliphatic carbocycles. The summed E-state index contributed by atoms with van der Waals surface area (Å²) in [6.07, 6.45) is 0. The minimum Gasteiger partial charge on any atom is -0.347 e. The number of benzene rings is 1. The van der Waals surface area contributed by atoms with Crippen LogP contribution in [0.4, 0.5) is 26.4 Å². The van der Waals surface area contributed by atoms with E-state index in [9.17, 15) is 8.78 Å². The summed E-state index contributed by atoms with van der Waals surface area (Å²) in [7, 11) is 3.45. The molecular formula is C12H12ClF2N5. The van der Waals surface area contributed by atoms with Crippen molar-refractivity contribution in [2.45, 2.75) is 6.92 Å². The van der Waals surface area contributed by atoms with Crippen LogP contribution in [-0.4, -0.2) is 29.0 Å². The van der Waals surface area contributed by atoms with E-state index >= 15 is 0 Å². The fourth-order valence-electron chi connectivity index (χ4n) is 1.46. The molecule has 0 radical (unpaired) electrons. The summed E-state index contributed by atoms with van der Waals surface area (Å²) < 4.78 is 27.2. The second-order valence-electron chi connectivity index (χ2n) is 4.33. The molecule has 20 heavy (non-hydrogen) atoms. The first-order chi connectivity index (χ1) is 9.36. The highest BCUT2D eigenvalue weighted by Gasteiger charge is 2.11. The van der Waals surface area contributed by atoms with E-state index in [1.165, 1.54) is 6.92 Å². The average Bonchev–Trinajstić information content (AvgIpc) is 2.35. The van der Waals surface area contributed by atoms with Crippen LogP contribution in [0, 0.1) is 18.6 Å². The zero-order valence-corrected chi connectivity index (χ0v) is 11.8. The van der Waals surface area contributed by atoms with Crippen LogP contribution in [0.1, 0.15) is 5.56 Å². The molecule has 0 atom stereocenters. The maximum atomic E-state index is 13.7. The molecule has 0 aliphatic rings. The van der Waals surface area contributed by atoms with Gasteiger partial charge in [-0.3, -0.25) is 0 Å². The van der Waals surface area contributed by atoms with Crippen molar-refractivity contribution in [2.75, 3.05) is 24.3 Å². The van der Waals surface area contributed by atoms with Gasteiger partial charge in [0.1, 0.15) is 11.6 Å². The molecule has 0 bridgehead atoms. The largest absolute Gasteiger partial charge is 0.347 e. The van der Waals surface area contributed by atoms with Crippen LogP contribution < -0.4 is 10.2 Å². The summed E-state index contributed by atoms with van der Waals surface area (Å²) >= 11 is 5.76. The Labute approximate surface area is 119 Å². The molecule has 8 heteroatoms. The lowest BCUT2D eigenvalue weighted by Crippen LogP contribution is -2.14. The van der Waals surface area contributed by atoms with Crippen molar-refractivity contribution in [1.82, 2.24) is 15.0 Å². The zero-order chi connectivity index (χ0) is 14.9. The Morgan fingerprint density at radius 3 is 2.45 bits per heavy atom. The van der Waals surface area contributed by atoms with Crippen molar-refractivity contribution < 1.29 is 8.78 Å². The van der Waals surface area contributed by atoms with Crippen LogP contribution in [0.5, 0.6) is 0 Å². The first-order valence-corrected chi connectivity index (χ1v) is 6.06.